The quantitative estimate of drug-likeness (QED) is 0.273. The minimum Gasteiger partial charge on any atom is -0.478 e. The van der Waals surface area contributed by atoms with Crippen molar-refractivity contribution in [3.05, 3.63) is 64.2 Å². The van der Waals surface area contributed by atoms with E-state index in [0.717, 1.165) is 36.4 Å². The maximum absolute atomic E-state index is 14.5. The summed E-state index contributed by atoms with van der Waals surface area (Å²) in [6.07, 6.45) is -4.46. The zero-order valence-electron chi connectivity index (χ0n) is 18.8. The summed E-state index contributed by atoms with van der Waals surface area (Å²) in [5.41, 5.74) is -1.79. The molecule has 2 heterocycles. The van der Waals surface area contributed by atoms with Gasteiger partial charge in [-0.1, -0.05) is 0 Å². The Hall–Kier alpha value is -4.66. The molecule has 4 rings (SSSR count). The van der Waals surface area contributed by atoms with E-state index in [1.165, 1.54) is 0 Å². The van der Waals surface area contributed by atoms with Crippen LogP contribution < -0.4 is 4.74 Å². The number of amides is 4. The summed E-state index contributed by atoms with van der Waals surface area (Å²) in [6, 6.07) is 5.96. The average Bonchev–Trinajstić information content (AvgIpc) is 3.22. The van der Waals surface area contributed by atoms with Gasteiger partial charge in [-0.05, 0) is 36.4 Å². The first kappa shape index (κ1) is 26.4. The van der Waals surface area contributed by atoms with Crippen LogP contribution in [0.5, 0.6) is 5.75 Å². The van der Waals surface area contributed by atoms with Gasteiger partial charge < -0.3 is 14.6 Å². The van der Waals surface area contributed by atoms with Gasteiger partial charge in [0.1, 0.15) is 18.9 Å². The normalized spacial score (nSPS) is 15.2. The van der Waals surface area contributed by atoms with Crippen molar-refractivity contribution in [1.29, 1.82) is 0 Å². The van der Waals surface area contributed by atoms with Gasteiger partial charge in [0.25, 0.3) is 36.0 Å². The second kappa shape index (κ2) is 9.33. The van der Waals surface area contributed by atoms with Gasteiger partial charge in [0.2, 0.25) is 0 Å². The van der Waals surface area contributed by atoms with Crippen molar-refractivity contribution in [3.8, 4) is 5.75 Å². The Balaban J connectivity index is 1.41. The highest BCUT2D eigenvalue weighted by atomic mass is 19.3. The van der Waals surface area contributed by atoms with E-state index in [1.807, 2.05) is 0 Å². The third-order valence-corrected chi connectivity index (χ3v) is 5.57. The van der Waals surface area contributed by atoms with Crippen molar-refractivity contribution >= 4 is 36.1 Å². The van der Waals surface area contributed by atoms with Crippen LogP contribution in [-0.4, -0.2) is 82.7 Å². The SMILES string of the molecule is O=COc1ccc2c(c1)C(=O)N(CC(F)(F)OCC(F)(F)CN1C(=O)c3ccc(C(=O)O)cc3C1=O)C2=O. The van der Waals surface area contributed by atoms with Gasteiger partial charge in [0.15, 0.2) is 0 Å². The van der Waals surface area contributed by atoms with Gasteiger partial charge in [-0.2, -0.15) is 8.78 Å². The van der Waals surface area contributed by atoms with Crippen molar-refractivity contribution in [1.82, 2.24) is 9.80 Å². The van der Waals surface area contributed by atoms with Crippen LogP contribution in [0.25, 0.3) is 0 Å². The lowest BCUT2D eigenvalue weighted by Crippen LogP contribution is -2.47. The molecule has 2 aliphatic heterocycles. The smallest absolute Gasteiger partial charge is 0.374 e. The van der Waals surface area contributed by atoms with Crippen LogP contribution in [0.3, 0.4) is 0 Å². The zero-order valence-corrected chi connectivity index (χ0v) is 18.8. The minimum absolute atomic E-state index is 0.0398. The van der Waals surface area contributed by atoms with Crippen LogP contribution in [0.4, 0.5) is 17.6 Å². The van der Waals surface area contributed by atoms with Crippen molar-refractivity contribution in [2.24, 2.45) is 0 Å². The highest BCUT2D eigenvalue weighted by molar-refractivity contribution is 6.22. The molecule has 0 saturated heterocycles. The zero-order chi connectivity index (χ0) is 28.0. The van der Waals surface area contributed by atoms with Gasteiger partial charge in [-0.3, -0.25) is 33.8 Å². The molecule has 0 aromatic heterocycles. The van der Waals surface area contributed by atoms with Crippen LogP contribution in [-0.2, 0) is 9.53 Å². The number of ether oxygens (including phenoxy) is 2. The maximum Gasteiger partial charge on any atom is 0.374 e. The second-order valence-corrected chi connectivity index (χ2v) is 8.16. The molecule has 0 aliphatic carbocycles. The number of carboxylic acids is 1. The van der Waals surface area contributed by atoms with Crippen LogP contribution in [0.15, 0.2) is 36.4 Å². The predicted molar refractivity (Wildman–Crippen MR) is 113 cm³/mol. The van der Waals surface area contributed by atoms with E-state index in [1.54, 1.807) is 0 Å². The number of hydrogen-bond acceptors (Lipinski definition) is 8. The highest BCUT2D eigenvalue weighted by Crippen LogP contribution is 2.32. The summed E-state index contributed by atoms with van der Waals surface area (Å²) in [7, 11) is 0. The van der Waals surface area contributed by atoms with Crippen LogP contribution in [0.1, 0.15) is 51.8 Å². The van der Waals surface area contributed by atoms with E-state index in [0.29, 0.717) is 0 Å². The lowest BCUT2D eigenvalue weighted by atomic mass is 10.1. The summed E-state index contributed by atoms with van der Waals surface area (Å²) >= 11 is 0. The molecule has 0 unspecified atom stereocenters. The second-order valence-electron chi connectivity index (χ2n) is 8.16. The summed E-state index contributed by atoms with van der Waals surface area (Å²) in [4.78, 5) is 71.2. The minimum atomic E-state index is -4.46. The van der Waals surface area contributed by atoms with Gasteiger partial charge >= 0.3 is 12.1 Å². The molecule has 0 radical (unpaired) electrons. The predicted octanol–water partition coefficient (Wildman–Crippen LogP) is 2.06. The fraction of sp³-hybridized carbons (Fsp3) is 0.217. The van der Waals surface area contributed by atoms with Gasteiger partial charge in [0, 0.05) is 0 Å². The Labute approximate surface area is 209 Å². The molecule has 15 heteroatoms. The Morgan fingerprint density at radius 2 is 1.34 bits per heavy atom. The number of nitrogens with zero attached hydrogens (tertiary/aromatic N) is 2. The number of fused-ring (bicyclic) bond motifs is 2. The number of hydrogen-bond donors (Lipinski definition) is 1. The number of carbonyl (C=O) groups is 6. The Bertz CT molecular complexity index is 1410. The van der Waals surface area contributed by atoms with Crippen LogP contribution >= 0.6 is 0 Å². The largest absolute Gasteiger partial charge is 0.478 e. The number of halogens is 4. The first-order chi connectivity index (χ1) is 17.7. The van der Waals surface area contributed by atoms with Crippen molar-refractivity contribution < 1.29 is 60.9 Å². The van der Waals surface area contributed by atoms with E-state index in [2.05, 4.69) is 9.47 Å². The number of rotatable bonds is 10. The van der Waals surface area contributed by atoms with Crippen molar-refractivity contribution in [2.45, 2.75) is 12.0 Å². The number of imide groups is 2. The molecule has 0 bridgehead atoms. The van der Waals surface area contributed by atoms with E-state index < -0.39 is 66.9 Å². The molecule has 2 aliphatic rings. The average molecular weight is 538 g/mol. The Morgan fingerprint density at radius 3 is 1.92 bits per heavy atom. The molecular weight excluding hydrogens is 524 g/mol. The lowest BCUT2D eigenvalue weighted by Gasteiger charge is -2.26. The molecule has 198 valence electrons. The fourth-order valence-corrected chi connectivity index (χ4v) is 3.83. The molecule has 1 N–H and O–H groups in total. The molecule has 38 heavy (non-hydrogen) atoms. The molecule has 2 aromatic carbocycles. The van der Waals surface area contributed by atoms with Crippen LogP contribution in [0, 0.1) is 0 Å². The fourth-order valence-electron chi connectivity index (χ4n) is 3.83. The number of carbonyl (C=O) groups excluding carboxylic acids is 5. The number of aromatic carboxylic acids is 1. The van der Waals surface area contributed by atoms with E-state index in [4.69, 9.17) is 5.11 Å². The molecular formula is C23H14F4N2O9. The first-order valence-corrected chi connectivity index (χ1v) is 10.5. The number of alkyl halides is 4. The highest BCUT2D eigenvalue weighted by Gasteiger charge is 2.47. The van der Waals surface area contributed by atoms with Gasteiger partial charge in [0.05, 0.1) is 34.4 Å². The lowest BCUT2D eigenvalue weighted by molar-refractivity contribution is -0.267. The van der Waals surface area contributed by atoms with Crippen molar-refractivity contribution in [3.63, 3.8) is 0 Å². The van der Waals surface area contributed by atoms with E-state index >= 15 is 0 Å². The van der Waals surface area contributed by atoms with Gasteiger partial charge in [-0.25, -0.2) is 13.6 Å². The molecule has 0 saturated carbocycles. The topological polar surface area (TPSA) is 148 Å². The summed E-state index contributed by atoms with van der Waals surface area (Å²) < 4.78 is 66.3. The first-order valence-electron chi connectivity index (χ1n) is 10.5. The molecule has 2 aromatic rings. The molecule has 0 fully saturated rings. The Kier molecular flexibility index (Phi) is 6.48. The third-order valence-electron chi connectivity index (χ3n) is 5.57. The van der Waals surface area contributed by atoms with Crippen molar-refractivity contribution in [2.75, 3.05) is 19.7 Å². The number of benzene rings is 2. The summed E-state index contributed by atoms with van der Waals surface area (Å²) in [5.74, 6) is -10.6. The number of carboxylic acid groups (broad SMARTS) is 1. The molecule has 0 atom stereocenters. The van der Waals surface area contributed by atoms with Crippen LogP contribution in [0.2, 0.25) is 0 Å². The third kappa shape index (κ3) is 4.82. The molecule has 4 amide bonds. The summed E-state index contributed by atoms with van der Waals surface area (Å²) in [6.45, 7) is -5.36. The monoisotopic (exact) mass is 538 g/mol. The summed E-state index contributed by atoms with van der Waals surface area (Å²) in [5, 5.41) is 9.01. The van der Waals surface area contributed by atoms with E-state index in [-0.39, 0.29) is 44.3 Å². The maximum atomic E-state index is 14.5. The molecule has 0 spiro atoms. The van der Waals surface area contributed by atoms with E-state index in [9.17, 15) is 46.3 Å². The standard InChI is InChI=1S/C23H14F4N2O9/c24-22(25,7-28-17(31)13-3-1-11(21(35)36)5-15(13)19(28)33)9-38-23(26,27)8-29-18(32)14-4-2-12(37-10-30)6-16(14)20(29)34/h1-6,10H,7-9H2,(H,35,36). The Morgan fingerprint density at radius 1 is 0.816 bits per heavy atom. The van der Waals surface area contributed by atoms with Gasteiger partial charge in [-0.15, -0.1) is 0 Å². The molecule has 11 nitrogen and oxygen atoms in total.